The summed E-state index contributed by atoms with van der Waals surface area (Å²) >= 11 is 1.37. The van der Waals surface area contributed by atoms with E-state index in [1.807, 2.05) is 36.4 Å². The van der Waals surface area contributed by atoms with Gasteiger partial charge in [0.1, 0.15) is 17.2 Å². The molecule has 7 nitrogen and oxygen atoms in total. The van der Waals surface area contributed by atoms with E-state index in [1.54, 1.807) is 24.5 Å². The molecule has 1 aliphatic rings. The predicted molar refractivity (Wildman–Crippen MR) is 127 cm³/mol. The van der Waals surface area contributed by atoms with Gasteiger partial charge in [-0.25, -0.2) is 4.79 Å². The number of nitrogens with zero attached hydrogens (tertiary/aromatic N) is 2. The number of benzene rings is 1. The number of alkyl carbamates (subject to hydrolysis) is 1. The van der Waals surface area contributed by atoms with Gasteiger partial charge in [0.15, 0.2) is 0 Å². The van der Waals surface area contributed by atoms with Gasteiger partial charge in [-0.15, -0.1) is 11.3 Å². The normalized spacial score (nSPS) is 14.8. The summed E-state index contributed by atoms with van der Waals surface area (Å²) in [5, 5.41) is 15.8. The number of fused-ring (bicyclic) bond motifs is 1. The minimum absolute atomic E-state index is 0.271. The fraction of sp³-hybridized carbons (Fsp3) is 0.200. The number of rotatable bonds is 6. The van der Waals surface area contributed by atoms with Crippen molar-refractivity contribution in [2.75, 3.05) is 5.32 Å². The quantitative estimate of drug-likeness (QED) is 0.531. The van der Waals surface area contributed by atoms with Crippen molar-refractivity contribution in [3.8, 4) is 6.07 Å². The van der Waals surface area contributed by atoms with Crippen LogP contribution in [0.4, 0.5) is 9.80 Å². The van der Waals surface area contributed by atoms with Crippen molar-refractivity contribution in [3.63, 3.8) is 0 Å². The van der Waals surface area contributed by atoms with Gasteiger partial charge in [-0.05, 0) is 41.7 Å². The molecule has 1 aromatic carbocycles. The molecular weight excluding hydrogens is 436 g/mol. The van der Waals surface area contributed by atoms with Crippen molar-refractivity contribution in [2.45, 2.75) is 31.9 Å². The Balaban J connectivity index is 1.36. The number of thiophene rings is 1. The average Bonchev–Trinajstić information content (AvgIpc) is 3.18. The monoisotopic (exact) mass is 458 g/mol. The van der Waals surface area contributed by atoms with Gasteiger partial charge in [0.05, 0.1) is 5.56 Å². The van der Waals surface area contributed by atoms with E-state index >= 15 is 0 Å². The summed E-state index contributed by atoms with van der Waals surface area (Å²) in [5.74, 6) is -0.318. The minimum atomic E-state index is -0.460. The molecule has 1 unspecified atom stereocenters. The van der Waals surface area contributed by atoms with E-state index in [0.717, 1.165) is 21.6 Å². The van der Waals surface area contributed by atoms with Gasteiger partial charge in [-0.3, -0.25) is 9.78 Å². The lowest BCUT2D eigenvalue weighted by molar-refractivity contribution is -0.111. The summed E-state index contributed by atoms with van der Waals surface area (Å²) in [5.41, 5.74) is 3.23. The Morgan fingerprint density at radius 2 is 2.09 bits per heavy atom. The Bertz CT molecular complexity index is 1200. The topological polar surface area (TPSA) is 104 Å². The lowest BCUT2D eigenvalue weighted by Crippen LogP contribution is -2.31. The molecule has 1 aliphatic carbocycles. The Hall–Kier alpha value is -3.96. The second kappa shape index (κ2) is 10.6. The summed E-state index contributed by atoms with van der Waals surface area (Å²) < 4.78 is 5.59. The second-order valence-electron chi connectivity index (χ2n) is 7.54. The third-order valence-electron chi connectivity index (χ3n) is 5.23. The third-order valence-corrected chi connectivity index (χ3v) is 6.40. The van der Waals surface area contributed by atoms with Crippen LogP contribution in [-0.4, -0.2) is 23.1 Å². The molecule has 33 heavy (non-hydrogen) atoms. The molecule has 0 saturated heterocycles. The summed E-state index contributed by atoms with van der Waals surface area (Å²) in [6.07, 6.45) is 7.44. The first kappa shape index (κ1) is 22.2. The zero-order valence-corrected chi connectivity index (χ0v) is 18.6. The predicted octanol–water partition coefficient (Wildman–Crippen LogP) is 4.45. The third kappa shape index (κ3) is 5.84. The van der Waals surface area contributed by atoms with Crippen LogP contribution in [0.15, 0.2) is 60.9 Å². The highest BCUT2D eigenvalue weighted by molar-refractivity contribution is 7.16. The lowest BCUT2D eigenvalue weighted by atomic mass is 9.94. The van der Waals surface area contributed by atoms with E-state index in [4.69, 9.17) is 4.74 Å². The van der Waals surface area contributed by atoms with Crippen LogP contribution in [0.25, 0.3) is 6.08 Å². The van der Waals surface area contributed by atoms with E-state index in [9.17, 15) is 14.9 Å². The molecule has 1 atom stereocenters. The maximum Gasteiger partial charge on any atom is 0.407 e. The first-order valence-corrected chi connectivity index (χ1v) is 11.4. The van der Waals surface area contributed by atoms with Crippen LogP contribution < -0.4 is 10.6 Å². The number of nitrogens with one attached hydrogen (secondary N) is 2. The maximum atomic E-state index is 12.4. The molecule has 4 rings (SSSR count). The number of aromatic nitrogens is 1. The Labute approximate surface area is 195 Å². The molecule has 0 radical (unpaired) electrons. The van der Waals surface area contributed by atoms with Crippen molar-refractivity contribution in [1.82, 2.24) is 10.3 Å². The molecule has 2 aromatic heterocycles. The largest absolute Gasteiger partial charge is 0.446 e. The van der Waals surface area contributed by atoms with Crippen molar-refractivity contribution in [2.24, 2.45) is 0 Å². The van der Waals surface area contributed by atoms with Gasteiger partial charge >= 0.3 is 6.09 Å². The van der Waals surface area contributed by atoms with Gasteiger partial charge in [-0.2, -0.15) is 5.26 Å². The standard InChI is InChI=1S/C25H22N4O3S/c26-14-21-20-10-9-19(32-25(31)28-16-17-5-2-1-3-6-17)13-22(20)33-24(21)29-23(30)11-8-18-7-4-12-27-15-18/h1-8,11-12,15,19H,9-10,13,16H2,(H,28,31)(H,29,30)/b11-8+. The smallest absolute Gasteiger partial charge is 0.407 e. The van der Waals surface area contributed by atoms with Gasteiger partial charge in [0, 0.05) is 36.3 Å². The fourth-order valence-corrected chi connectivity index (χ4v) is 4.89. The van der Waals surface area contributed by atoms with E-state index in [1.165, 1.54) is 17.4 Å². The van der Waals surface area contributed by atoms with Crippen LogP contribution in [0.1, 0.15) is 33.6 Å². The first-order chi connectivity index (χ1) is 16.1. The van der Waals surface area contributed by atoms with E-state index in [0.29, 0.717) is 36.4 Å². The van der Waals surface area contributed by atoms with E-state index < -0.39 is 6.09 Å². The van der Waals surface area contributed by atoms with Gasteiger partial charge in [-0.1, -0.05) is 36.4 Å². The molecule has 8 heteroatoms. The van der Waals surface area contributed by atoms with E-state index in [2.05, 4.69) is 21.7 Å². The summed E-state index contributed by atoms with van der Waals surface area (Å²) in [7, 11) is 0. The number of anilines is 1. The van der Waals surface area contributed by atoms with Crippen LogP contribution >= 0.6 is 11.3 Å². The van der Waals surface area contributed by atoms with Crippen LogP contribution in [0.5, 0.6) is 0 Å². The second-order valence-corrected chi connectivity index (χ2v) is 8.64. The maximum absolute atomic E-state index is 12.4. The van der Waals surface area contributed by atoms with Gasteiger partial charge < -0.3 is 15.4 Å². The number of carbonyl (C=O) groups excluding carboxylic acids is 2. The molecular formula is C25H22N4O3S. The van der Waals surface area contributed by atoms with Crippen molar-refractivity contribution in [1.29, 1.82) is 5.26 Å². The van der Waals surface area contributed by atoms with Crippen molar-refractivity contribution >= 4 is 34.4 Å². The van der Waals surface area contributed by atoms with Crippen molar-refractivity contribution < 1.29 is 14.3 Å². The van der Waals surface area contributed by atoms with Gasteiger partial charge in [0.2, 0.25) is 5.91 Å². The average molecular weight is 459 g/mol. The lowest BCUT2D eigenvalue weighted by Gasteiger charge is -2.22. The van der Waals surface area contributed by atoms with Crippen LogP contribution in [0.2, 0.25) is 0 Å². The first-order valence-electron chi connectivity index (χ1n) is 10.5. The number of pyridine rings is 1. The highest BCUT2D eigenvalue weighted by Gasteiger charge is 2.28. The van der Waals surface area contributed by atoms with Crippen LogP contribution in [0.3, 0.4) is 0 Å². The molecule has 0 bridgehead atoms. The number of hydrogen-bond donors (Lipinski definition) is 2. The van der Waals surface area contributed by atoms with Gasteiger partial charge in [0.25, 0.3) is 0 Å². The summed E-state index contributed by atoms with van der Waals surface area (Å²) in [4.78, 5) is 29.5. The molecule has 0 fully saturated rings. The molecule has 2 N–H and O–H groups in total. The Morgan fingerprint density at radius 3 is 2.85 bits per heavy atom. The highest BCUT2D eigenvalue weighted by Crippen LogP contribution is 2.38. The zero-order valence-electron chi connectivity index (χ0n) is 17.8. The summed E-state index contributed by atoms with van der Waals surface area (Å²) in [6.45, 7) is 0.401. The van der Waals surface area contributed by atoms with Crippen LogP contribution in [-0.2, 0) is 28.9 Å². The zero-order chi connectivity index (χ0) is 23.0. The number of nitriles is 1. The number of carbonyl (C=O) groups is 2. The minimum Gasteiger partial charge on any atom is -0.446 e. The number of ether oxygens (including phenoxy) is 1. The Morgan fingerprint density at radius 1 is 1.24 bits per heavy atom. The molecule has 0 saturated carbocycles. The van der Waals surface area contributed by atoms with Crippen LogP contribution in [0, 0.1) is 11.3 Å². The number of amides is 2. The Kier molecular flexibility index (Phi) is 7.12. The number of hydrogen-bond acceptors (Lipinski definition) is 6. The molecule has 0 spiro atoms. The fourth-order valence-electron chi connectivity index (χ4n) is 3.63. The molecule has 166 valence electrons. The highest BCUT2D eigenvalue weighted by atomic mass is 32.1. The van der Waals surface area contributed by atoms with Crippen molar-refractivity contribution in [3.05, 3.63) is 88.1 Å². The SMILES string of the molecule is N#Cc1c(NC(=O)/C=C/c2cccnc2)sc2c1CCC(OC(=O)NCc1ccccc1)C2. The molecule has 3 aromatic rings. The van der Waals surface area contributed by atoms with E-state index in [-0.39, 0.29) is 12.0 Å². The molecule has 2 heterocycles. The summed E-state index contributed by atoms with van der Waals surface area (Å²) in [6, 6.07) is 15.5. The molecule has 0 aliphatic heterocycles. The molecule has 2 amide bonds.